The van der Waals surface area contributed by atoms with Gasteiger partial charge in [0.25, 0.3) is 0 Å². The quantitative estimate of drug-likeness (QED) is 0.424. The fraction of sp³-hybridized carbons (Fsp3) is 0.375. The van der Waals surface area contributed by atoms with Gasteiger partial charge in [0.2, 0.25) is 5.90 Å². The Bertz CT molecular complexity index is 168. The summed E-state index contributed by atoms with van der Waals surface area (Å²) in [4.78, 5) is 4.00. The zero-order chi connectivity index (χ0) is 7.98. The molecule has 0 saturated carbocycles. The van der Waals surface area contributed by atoms with Crippen molar-refractivity contribution in [2.75, 3.05) is 7.11 Å². The summed E-state index contributed by atoms with van der Waals surface area (Å²) >= 11 is 0. The molecule has 0 aliphatic heterocycles. The number of aliphatic imine (C=N–C) groups is 1. The van der Waals surface area contributed by atoms with Crippen LogP contribution >= 0.6 is 0 Å². The molecule has 0 saturated heterocycles. The number of rotatable bonds is 2. The summed E-state index contributed by atoms with van der Waals surface area (Å²) in [7, 11) is 1.59. The molecule has 0 aromatic rings. The first-order chi connectivity index (χ1) is 4.70. The Kier molecular flexibility index (Phi) is 4.29. The summed E-state index contributed by atoms with van der Waals surface area (Å²) in [6.07, 6.45) is 3.65. The van der Waals surface area contributed by atoms with E-state index in [1.165, 1.54) is 0 Å². The Morgan fingerprint density at radius 2 is 2.20 bits per heavy atom. The summed E-state index contributed by atoms with van der Waals surface area (Å²) < 4.78 is 4.90. The van der Waals surface area contributed by atoms with E-state index >= 15 is 0 Å². The van der Waals surface area contributed by atoms with Crippen molar-refractivity contribution >= 4 is 5.90 Å². The number of methoxy groups -OCH3 is 1. The van der Waals surface area contributed by atoms with Crippen molar-refractivity contribution in [1.29, 1.82) is 0 Å². The number of ether oxygens (including phenoxy) is 1. The molecule has 0 fully saturated rings. The van der Waals surface area contributed by atoms with Crippen molar-refractivity contribution < 1.29 is 4.74 Å². The van der Waals surface area contributed by atoms with Crippen LogP contribution in [0.2, 0.25) is 0 Å². The molecule has 0 aliphatic carbocycles. The molecule has 10 heavy (non-hydrogen) atoms. The van der Waals surface area contributed by atoms with Gasteiger partial charge in [-0.3, -0.25) is 0 Å². The van der Waals surface area contributed by atoms with Gasteiger partial charge in [-0.15, -0.1) is 0 Å². The molecular weight excluding hydrogens is 126 g/mol. The molecule has 0 atom stereocenters. The molecule has 0 rings (SSSR count). The maximum atomic E-state index is 4.90. The predicted octanol–water partition coefficient (Wildman–Crippen LogP) is 2.14. The number of nitrogens with zero attached hydrogens (tertiary/aromatic N) is 1. The highest BCUT2D eigenvalue weighted by molar-refractivity contribution is 5.88. The van der Waals surface area contributed by atoms with Gasteiger partial charge in [0.05, 0.1) is 7.11 Å². The topological polar surface area (TPSA) is 21.6 Å². The first-order valence-corrected chi connectivity index (χ1v) is 3.11. The molecule has 2 nitrogen and oxygen atoms in total. The van der Waals surface area contributed by atoms with E-state index in [9.17, 15) is 0 Å². The molecular formula is C8H13NO. The maximum absolute atomic E-state index is 4.90. The lowest BCUT2D eigenvalue weighted by atomic mass is 10.5. The van der Waals surface area contributed by atoms with Crippen LogP contribution < -0.4 is 0 Å². The van der Waals surface area contributed by atoms with Crippen molar-refractivity contribution in [3.05, 3.63) is 24.4 Å². The minimum Gasteiger partial charge on any atom is -0.481 e. The Balaban J connectivity index is 4.18. The summed E-state index contributed by atoms with van der Waals surface area (Å²) in [6, 6.07) is 0. The van der Waals surface area contributed by atoms with Crippen molar-refractivity contribution in [1.82, 2.24) is 0 Å². The minimum absolute atomic E-state index is 0.593. The van der Waals surface area contributed by atoms with Crippen LogP contribution in [0.3, 0.4) is 0 Å². The fourth-order valence-electron chi connectivity index (χ4n) is 0.482. The Morgan fingerprint density at radius 1 is 1.60 bits per heavy atom. The standard InChI is InChI=1S/C8H13NO/c1-5-6-8(10-4)9-7(2)3/h5-6H,2H2,1,3-4H3/b6-5-,9-8?. The van der Waals surface area contributed by atoms with E-state index in [0.717, 1.165) is 5.70 Å². The number of allylic oxidation sites excluding steroid dienone is 2. The molecule has 0 heterocycles. The zero-order valence-corrected chi connectivity index (χ0v) is 6.72. The summed E-state index contributed by atoms with van der Waals surface area (Å²) in [5.41, 5.74) is 0.745. The molecule has 0 bridgehead atoms. The highest BCUT2D eigenvalue weighted by atomic mass is 16.5. The van der Waals surface area contributed by atoms with Crippen molar-refractivity contribution in [2.24, 2.45) is 4.99 Å². The van der Waals surface area contributed by atoms with Crippen molar-refractivity contribution in [2.45, 2.75) is 13.8 Å². The van der Waals surface area contributed by atoms with E-state index in [-0.39, 0.29) is 0 Å². The van der Waals surface area contributed by atoms with Gasteiger partial charge in [-0.05, 0) is 19.9 Å². The van der Waals surface area contributed by atoms with Gasteiger partial charge < -0.3 is 4.74 Å². The maximum Gasteiger partial charge on any atom is 0.212 e. The summed E-state index contributed by atoms with van der Waals surface area (Å²) in [5.74, 6) is 0.593. The average Bonchev–Trinajstić information content (AvgIpc) is 1.86. The first kappa shape index (κ1) is 8.95. The van der Waals surface area contributed by atoms with Gasteiger partial charge in [0, 0.05) is 5.70 Å². The molecule has 56 valence electrons. The van der Waals surface area contributed by atoms with Gasteiger partial charge in [-0.1, -0.05) is 12.7 Å². The predicted molar refractivity (Wildman–Crippen MR) is 44.1 cm³/mol. The molecule has 2 heteroatoms. The van der Waals surface area contributed by atoms with Crippen LogP contribution in [-0.4, -0.2) is 13.0 Å². The number of hydrogen-bond donors (Lipinski definition) is 0. The smallest absolute Gasteiger partial charge is 0.212 e. The summed E-state index contributed by atoms with van der Waals surface area (Å²) in [5, 5.41) is 0. The van der Waals surface area contributed by atoms with E-state index in [2.05, 4.69) is 11.6 Å². The Hall–Kier alpha value is -1.05. The first-order valence-electron chi connectivity index (χ1n) is 3.11. The second-order valence-corrected chi connectivity index (χ2v) is 1.89. The van der Waals surface area contributed by atoms with Gasteiger partial charge in [-0.2, -0.15) is 0 Å². The van der Waals surface area contributed by atoms with Gasteiger partial charge in [0.1, 0.15) is 0 Å². The van der Waals surface area contributed by atoms with Crippen molar-refractivity contribution in [3.8, 4) is 0 Å². The Morgan fingerprint density at radius 3 is 2.50 bits per heavy atom. The molecule has 0 aromatic carbocycles. The second-order valence-electron chi connectivity index (χ2n) is 1.89. The lowest BCUT2D eigenvalue weighted by Crippen LogP contribution is -1.95. The molecule has 0 unspecified atom stereocenters. The third-order valence-electron chi connectivity index (χ3n) is 0.819. The van der Waals surface area contributed by atoms with Gasteiger partial charge >= 0.3 is 0 Å². The van der Waals surface area contributed by atoms with Crippen LogP contribution in [0.15, 0.2) is 29.4 Å². The van der Waals surface area contributed by atoms with Crippen LogP contribution in [0.5, 0.6) is 0 Å². The van der Waals surface area contributed by atoms with E-state index in [0.29, 0.717) is 5.90 Å². The van der Waals surface area contributed by atoms with Crippen LogP contribution in [0.1, 0.15) is 13.8 Å². The minimum atomic E-state index is 0.593. The Labute approximate surface area is 61.9 Å². The lowest BCUT2D eigenvalue weighted by molar-refractivity contribution is 0.406. The number of hydrogen-bond acceptors (Lipinski definition) is 2. The molecule has 0 radical (unpaired) electrons. The van der Waals surface area contributed by atoms with E-state index < -0.39 is 0 Å². The SMILES string of the molecule is C=C(C)N=C(/C=C\C)OC. The van der Waals surface area contributed by atoms with E-state index in [4.69, 9.17) is 4.74 Å². The molecule has 0 aromatic heterocycles. The molecule has 0 N–H and O–H groups in total. The van der Waals surface area contributed by atoms with Crippen LogP contribution in [0, 0.1) is 0 Å². The van der Waals surface area contributed by atoms with E-state index in [1.807, 2.05) is 19.9 Å². The zero-order valence-electron chi connectivity index (χ0n) is 6.72. The second kappa shape index (κ2) is 4.79. The highest BCUT2D eigenvalue weighted by Crippen LogP contribution is 1.92. The van der Waals surface area contributed by atoms with Gasteiger partial charge in [0.15, 0.2) is 0 Å². The molecule has 0 spiro atoms. The van der Waals surface area contributed by atoms with Gasteiger partial charge in [-0.25, -0.2) is 4.99 Å². The third-order valence-corrected chi connectivity index (χ3v) is 0.819. The molecule has 0 aliphatic rings. The highest BCUT2D eigenvalue weighted by Gasteiger charge is 1.87. The fourth-order valence-corrected chi connectivity index (χ4v) is 0.482. The summed E-state index contributed by atoms with van der Waals surface area (Å²) in [6.45, 7) is 7.36. The third kappa shape index (κ3) is 3.89. The largest absolute Gasteiger partial charge is 0.481 e. The van der Waals surface area contributed by atoms with Crippen LogP contribution in [0.25, 0.3) is 0 Å². The average molecular weight is 139 g/mol. The monoisotopic (exact) mass is 139 g/mol. The van der Waals surface area contributed by atoms with Crippen molar-refractivity contribution in [3.63, 3.8) is 0 Å². The van der Waals surface area contributed by atoms with E-state index in [1.54, 1.807) is 13.2 Å². The normalized spacial score (nSPS) is 12.1. The molecule has 0 amide bonds. The lowest BCUT2D eigenvalue weighted by Gasteiger charge is -1.96. The van der Waals surface area contributed by atoms with Crippen LogP contribution in [-0.2, 0) is 4.74 Å². The van der Waals surface area contributed by atoms with Crippen LogP contribution in [0.4, 0.5) is 0 Å².